The van der Waals surface area contributed by atoms with Gasteiger partial charge in [0.15, 0.2) is 0 Å². The van der Waals surface area contributed by atoms with Gasteiger partial charge in [-0.15, -0.1) is 0 Å². The van der Waals surface area contributed by atoms with Gasteiger partial charge in [-0.1, -0.05) is 20.8 Å². The molecule has 2 fully saturated rings. The second-order valence-electron chi connectivity index (χ2n) is 6.52. The molecule has 3 unspecified atom stereocenters. The van der Waals surface area contributed by atoms with Gasteiger partial charge in [0.1, 0.15) is 5.54 Å². The summed E-state index contributed by atoms with van der Waals surface area (Å²) < 4.78 is 5.86. The second kappa shape index (κ2) is 5.06. The summed E-state index contributed by atoms with van der Waals surface area (Å²) >= 11 is 0. The number of carbonyl (C=O) groups excluding carboxylic acids is 1. The molecular formula is C15H28N2O2. The van der Waals surface area contributed by atoms with Crippen LogP contribution in [-0.2, 0) is 9.53 Å². The predicted octanol–water partition coefficient (Wildman–Crippen LogP) is 1.78. The first-order valence-electron chi connectivity index (χ1n) is 7.61. The van der Waals surface area contributed by atoms with E-state index in [0.29, 0.717) is 0 Å². The van der Waals surface area contributed by atoms with Crippen molar-refractivity contribution in [3.8, 4) is 0 Å². The molecule has 1 saturated carbocycles. The maximum atomic E-state index is 12.9. The lowest BCUT2D eigenvalue weighted by Crippen LogP contribution is -2.82. The minimum absolute atomic E-state index is 0.119. The normalized spacial score (nSPS) is 36.3. The lowest BCUT2D eigenvalue weighted by molar-refractivity contribution is -0.230. The number of hydrogen-bond donors (Lipinski definition) is 1. The molecule has 2 N–H and O–H groups in total. The topological polar surface area (TPSA) is 55.6 Å². The number of rotatable bonds is 4. The van der Waals surface area contributed by atoms with Gasteiger partial charge in [-0.25, -0.2) is 0 Å². The van der Waals surface area contributed by atoms with Crippen LogP contribution in [0.1, 0.15) is 47.0 Å². The molecule has 1 heterocycles. The largest absolute Gasteiger partial charge is 0.377 e. The van der Waals surface area contributed by atoms with Gasteiger partial charge >= 0.3 is 0 Å². The lowest BCUT2D eigenvalue weighted by Gasteiger charge is -2.65. The highest BCUT2D eigenvalue weighted by Gasteiger charge is 2.70. The average Bonchev–Trinajstić information content (AvgIpc) is 2.43. The Morgan fingerprint density at radius 1 is 1.42 bits per heavy atom. The standard InChI is InChI=1S/C15H28N2O2/c1-5-9-17(6-2)13(18)15(16)11-8-7-10-19-12(11)14(15,3)4/h11-12H,5-10,16H2,1-4H3. The van der Waals surface area contributed by atoms with Crippen LogP contribution in [0.5, 0.6) is 0 Å². The fourth-order valence-electron chi connectivity index (χ4n) is 3.94. The van der Waals surface area contributed by atoms with E-state index >= 15 is 0 Å². The molecule has 1 amide bonds. The highest BCUT2D eigenvalue weighted by Crippen LogP contribution is 2.57. The van der Waals surface area contributed by atoms with Crippen LogP contribution in [0, 0.1) is 11.3 Å². The van der Waals surface area contributed by atoms with Crippen molar-refractivity contribution in [2.75, 3.05) is 19.7 Å². The van der Waals surface area contributed by atoms with Crippen LogP contribution in [0.4, 0.5) is 0 Å². The monoisotopic (exact) mass is 268 g/mol. The smallest absolute Gasteiger partial charge is 0.243 e. The van der Waals surface area contributed by atoms with Gasteiger partial charge < -0.3 is 15.4 Å². The molecule has 4 nitrogen and oxygen atoms in total. The molecule has 110 valence electrons. The van der Waals surface area contributed by atoms with Gasteiger partial charge in [0.25, 0.3) is 0 Å². The van der Waals surface area contributed by atoms with Crippen molar-refractivity contribution >= 4 is 5.91 Å². The molecule has 0 aromatic carbocycles. The Labute approximate surface area is 116 Å². The SMILES string of the molecule is CCCN(CC)C(=O)C1(N)C2CCCOC2C1(C)C. The summed E-state index contributed by atoms with van der Waals surface area (Å²) in [7, 11) is 0. The first-order valence-corrected chi connectivity index (χ1v) is 7.61. The van der Waals surface area contributed by atoms with E-state index < -0.39 is 5.54 Å². The third-order valence-electron chi connectivity index (χ3n) is 5.20. The van der Waals surface area contributed by atoms with E-state index in [4.69, 9.17) is 10.5 Å². The van der Waals surface area contributed by atoms with Crippen molar-refractivity contribution in [1.29, 1.82) is 0 Å². The maximum absolute atomic E-state index is 12.9. The Kier molecular flexibility index (Phi) is 3.94. The highest BCUT2D eigenvalue weighted by molar-refractivity contribution is 5.89. The quantitative estimate of drug-likeness (QED) is 0.845. The van der Waals surface area contributed by atoms with Gasteiger partial charge in [0.05, 0.1) is 6.10 Å². The van der Waals surface area contributed by atoms with Gasteiger partial charge in [-0.3, -0.25) is 4.79 Å². The Balaban J connectivity index is 2.23. The third kappa shape index (κ3) is 1.91. The minimum atomic E-state index is -0.747. The van der Waals surface area contributed by atoms with E-state index in [2.05, 4.69) is 20.8 Å². The van der Waals surface area contributed by atoms with Crippen LogP contribution >= 0.6 is 0 Å². The zero-order valence-electron chi connectivity index (χ0n) is 12.7. The molecule has 19 heavy (non-hydrogen) atoms. The highest BCUT2D eigenvalue weighted by atomic mass is 16.5. The van der Waals surface area contributed by atoms with E-state index in [1.165, 1.54) is 0 Å². The second-order valence-corrected chi connectivity index (χ2v) is 6.52. The van der Waals surface area contributed by atoms with Crippen LogP contribution in [-0.4, -0.2) is 42.1 Å². The van der Waals surface area contributed by atoms with Gasteiger partial charge in [-0.05, 0) is 26.2 Å². The fourth-order valence-corrected chi connectivity index (χ4v) is 3.94. The molecule has 2 rings (SSSR count). The van der Waals surface area contributed by atoms with Gasteiger partial charge in [0, 0.05) is 31.0 Å². The van der Waals surface area contributed by atoms with Crippen LogP contribution in [0.2, 0.25) is 0 Å². The van der Waals surface area contributed by atoms with E-state index in [1.54, 1.807) is 0 Å². The summed E-state index contributed by atoms with van der Waals surface area (Å²) in [4.78, 5) is 14.8. The van der Waals surface area contributed by atoms with Crippen LogP contribution in [0.3, 0.4) is 0 Å². The zero-order chi connectivity index (χ0) is 14.3. The summed E-state index contributed by atoms with van der Waals surface area (Å²) in [5, 5.41) is 0. The Morgan fingerprint density at radius 2 is 2.11 bits per heavy atom. The number of nitrogens with zero attached hydrogens (tertiary/aromatic N) is 1. The van der Waals surface area contributed by atoms with Gasteiger partial charge in [0.2, 0.25) is 5.91 Å². The van der Waals surface area contributed by atoms with Crippen molar-refractivity contribution in [3.05, 3.63) is 0 Å². The Bertz CT molecular complexity index is 356. The number of ether oxygens (including phenoxy) is 1. The van der Waals surface area contributed by atoms with E-state index in [0.717, 1.165) is 39.0 Å². The van der Waals surface area contributed by atoms with Crippen LogP contribution in [0.15, 0.2) is 0 Å². The molecule has 0 aromatic heterocycles. The Hall–Kier alpha value is -0.610. The maximum Gasteiger partial charge on any atom is 0.243 e. The molecule has 1 saturated heterocycles. The summed E-state index contributed by atoms with van der Waals surface area (Å²) in [5.41, 5.74) is 5.60. The lowest BCUT2D eigenvalue weighted by atomic mass is 9.46. The number of fused-ring (bicyclic) bond motifs is 1. The number of hydrogen-bond acceptors (Lipinski definition) is 3. The first-order chi connectivity index (χ1) is 8.91. The Morgan fingerprint density at radius 3 is 2.68 bits per heavy atom. The molecule has 3 atom stereocenters. The first kappa shape index (κ1) is 14.8. The summed E-state index contributed by atoms with van der Waals surface area (Å²) in [6.45, 7) is 10.6. The zero-order valence-corrected chi connectivity index (χ0v) is 12.7. The number of nitrogens with two attached hydrogens (primary N) is 1. The van der Waals surface area contributed by atoms with E-state index in [-0.39, 0.29) is 23.3 Å². The molecule has 1 aliphatic carbocycles. The number of carbonyl (C=O) groups is 1. The van der Waals surface area contributed by atoms with Crippen LogP contribution in [0.25, 0.3) is 0 Å². The molecule has 0 spiro atoms. The minimum Gasteiger partial charge on any atom is -0.377 e. The molecule has 0 bridgehead atoms. The third-order valence-corrected chi connectivity index (χ3v) is 5.20. The molecule has 0 aromatic rings. The summed E-state index contributed by atoms with van der Waals surface area (Å²) in [6.07, 6.45) is 3.15. The number of likely N-dealkylation sites (N-methyl/N-ethyl adjacent to an activating group) is 1. The van der Waals surface area contributed by atoms with Crippen molar-refractivity contribution in [1.82, 2.24) is 4.90 Å². The molecular weight excluding hydrogens is 240 g/mol. The summed E-state index contributed by atoms with van der Waals surface area (Å²) in [5.74, 6) is 0.309. The van der Waals surface area contributed by atoms with Gasteiger partial charge in [-0.2, -0.15) is 0 Å². The van der Waals surface area contributed by atoms with Crippen LogP contribution < -0.4 is 5.73 Å². The molecule has 4 heteroatoms. The van der Waals surface area contributed by atoms with E-state index in [9.17, 15) is 4.79 Å². The fraction of sp³-hybridized carbons (Fsp3) is 0.933. The molecule has 0 radical (unpaired) electrons. The summed E-state index contributed by atoms with van der Waals surface area (Å²) in [6, 6.07) is 0. The van der Waals surface area contributed by atoms with Crippen molar-refractivity contribution < 1.29 is 9.53 Å². The number of amides is 1. The molecule has 1 aliphatic heterocycles. The van der Waals surface area contributed by atoms with Crippen molar-refractivity contribution in [2.45, 2.75) is 58.6 Å². The average molecular weight is 268 g/mol. The van der Waals surface area contributed by atoms with Crippen molar-refractivity contribution in [3.63, 3.8) is 0 Å². The van der Waals surface area contributed by atoms with E-state index in [1.807, 2.05) is 11.8 Å². The molecule has 2 aliphatic rings. The predicted molar refractivity (Wildman–Crippen MR) is 75.7 cm³/mol. The van der Waals surface area contributed by atoms with Crippen molar-refractivity contribution in [2.24, 2.45) is 17.1 Å².